The fourth-order valence-electron chi connectivity index (χ4n) is 4.74. The van der Waals surface area contributed by atoms with Crippen LogP contribution in [-0.2, 0) is 19.4 Å². The Bertz CT molecular complexity index is 1020. The number of likely N-dealkylation sites (N-methyl/N-ethyl adjacent to an activating group) is 1. The highest BCUT2D eigenvalue weighted by Crippen LogP contribution is 2.41. The minimum absolute atomic E-state index is 0.250. The average Bonchev–Trinajstić information content (AvgIpc) is 3.27. The van der Waals surface area contributed by atoms with Crippen molar-refractivity contribution in [3.05, 3.63) is 46.5 Å². The molecule has 0 saturated heterocycles. The van der Waals surface area contributed by atoms with Gasteiger partial charge in [-0.3, -0.25) is 9.59 Å². The van der Waals surface area contributed by atoms with Crippen LogP contribution in [0.25, 0.3) is 21.8 Å². The van der Waals surface area contributed by atoms with Gasteiger partial charge in [0.25, 0.3) is 0 Å². The molecule has 0 saturated carbocycles. The van der Waals surface area contributed by atoms with Gasteiger partial charge in [0.2, 0.25) is 0 Å². The zero-order valence-corrected chi connectivity index (χ0v) is 15.3. The van der Waals surface area contributed by atoms with E-state index in [0.29, 0.717) is 12.8 Å². The summed E-state index contributed by atoms with van der Waals surface area (Å²) < 4.78 is 2.37. The molecule has 0 N–H and O–H groups in total. The first-order valence-electron chi connectivity index (χ1n) is 9.37. The van der Waals surface area contributed by atoms with Gasteiger partial charge in [-0.1, -0.05) is 0 Å². The summed E-state index contributed by atoms with van der Waals surface area (Å²) in [6.45, 7) is 1.84. The van der Waals surface area contributed by atoms with Crippen molar-refractivity contribution in [3.8, 4) is 0 Å². The van der Waals surface area contributed by atoms with Gasteiger partial charge < -0.3 is 9.47 Å². The largest absolute Gasteiger partial charge is 0.339 e. The lowest BCUT2D eigenvalue weighted by Crippen LogP contribution is -2.18. The van der Waals surface area contributed by atoms with Gasteiger partial charge in [-0.25, -0.2) is 0 Å². The van der Waals surface area contributed by atoms with Crippen LogP contribution in [0, 0.1) is 0 Å². The number of carbonyl (C=O) groups is 2. The number of nitrogens with zero attached hydrogens (tertiary/aromatic N) is 2. The Labute approximate surface area is 152 Å². The zero-order valence-electron chi connectivity index (χ0n) is 15.3. The summed E-state index contributed by atoms with van der Waals surface area (Å²) in [5.74, 6) is 0.500. The third-order valence-corrected chi connectivity index (χ3v) is 5.99. The van der Waals surface area contributed by atoms with Gasteiger partial charge in [-0.15, -0.1) is 0 Å². The zero-order chi connectivity index (χ0) is 18.0. The van der Waals surface area contributed by atoms with E-state index in [1.54, 1.807) is 0 Å². The maximum atomic E-state index is 12.3. The van der Waals surface area contributed by atoms with Crippen LogP contribution in [0.5, 0.6) is 0 Å². The highest BCUT2D eigenvalue weighted by atomic mass is 16.1. The number of fused-ring (bicyclic) bond motifs is 7. The average molecular weight is 346 g/mol. The van der Waals surface area contributed by atoms with Crippen molar-refractivity contribution in [2.75, 3.05) is 20.6 Å². The van der Waals surface area contributed by atoms with Crippen molar-refractivity contribution in [1.29, 1.82) is 0 Å². The summed E-state index contributed by atoms with van der Waals surface area (Å²) >= 11 is 0. The quantitative estimate of drug-likeness (QED) is 0.727. The molecule has 3 aromatic rings. The standard InChI is InChI=1S/C22H22N2O2/c1-23(2)11-12-24-17-7-3-13-15(5-9-19(13)25)21(17)22-16-6-10-20(26)14(16)4-8-18(22)24/h3-4,7-8H,5-6,9-12H2,1-2H3. The third kappa shape index (κ3) is 2.05. The normalized spacial score (nSPS) is 16.3. The molecule has 1 heterocycles. The lowest BCUT2D eigenvalue weighted by Gasteiger charge is -2.13. The maximum absolute atomic E-state index is 12.3. The number of hydrogen-bond donors (Lipinski definition) is 0. The number of aryl methyl sites for hydroxylation is 2. The van der Waals surface area contributed by atoms with E-state index in [2.05, 4.69) is 35.7 Å². The Morgan fingerprint density at radius 1 is 0.808 bits per heavy atom. The van der Waals surface area contributed by atoms with E-state index in [1.807, 2.05) is 12.1 Å². The number of carbonyl (C=O) groups excluding carboxylic acids is 2. The summed E-state index contributed by atoms with van der Waals surface area (Å²) in [5.41, 5.74) is 6.53. The Balaban J connectivity index is 1.90. The third-order valence-electron chi connectivity index (χ3n) is 5.99. The summed E-state index contributed by atoms with van der Waals surface area (Å²) in [5, 5.41) is 2.43. The molecule has 0 radical (unpaired) electrons. The summed E-state index contributed by atoms with van der Waals surface area (Å²) in [4.78, 5) is 26.8. The minimum atomic E-state index is 0.250. The SMILES string of the molecule is CN(C)CCn1c2ccc3c(c2c2c4c(ccc21)C(=O)CC4)CCC3=O. The number of rotatable bonds is 3. The predicted octanol–water partition coefficient (Wildman–Crippen LogP) is 3.61. The van der Waals surface area contributed by atoms with Crippen molar-refractivity contribution in [3.63, 3.8) is 0 Å². The second-order valence-corrected chi connectivity index (χ2v) is 7.77. The molecule has 2 aliphatic rings. The Morgan fingerprint density at radius 2 is 1.31 bits per heavy atom. The minimum Gasteiger partial charge on any atom is -0.339 e. The number of aromatic nitrogens is 1. The van der Waals surface area contributed by atoms with Gasteiger partial charge >= 0.3 is 0 Å². The summed E-state index contributed by atoms with van der Waals surface area (Å²) in [7, 11) is 4.17. The van der Waals surface area contributed by atoms with E-state index in [-0.39, 0.29) is 11.6 Å². The number of ketones is 2. The van der Waals surface area contributed by atoms with Crippen LogP contribution in [0.2, 0.25) is 0 Å². The van der Waals surface area contributed by atoms with Crippen LogP contribution in [0.4, 0.5) is 0 Å². The molecule has 132 valence electrons. The monoisotopic (exact) mass is 346 g/mol. The number of benzene rings is 2. The Kier molecular flexibility index (Phi) is 3.35. The summed E-state index contributed by atoms with van der Waals surface area (Å²) in [6, 6.07) is 8.22. The van der Waals surface area contributed by atoms with E-state index in [4.69, 9.17) is 0 Å². The molecule has 0 fully saturated rings. The van der Waals surface area contributed by atoms with Crippen molar-refractivity contribution >= 4 is 33.4 Å². The highest BCUT2D eigenvalue weighted by Gasteiger charge is 2.29. The predicted molar refractivity (Wildman–Crippen MR) is 103 cm³/mol. The van der Waals surface area contributed by atoms with Gasteiger partial charge in [0.05, 0.1) is 0 Å². The lowest BCUT2D eigenvalue weighted by molar-refractivity contribution is 0.0986. The second kappa shape index (κ2) is 5.52. The molecule has 4 nitrogen and oxygen atoms in total. The number of Topliss-reactive ketones (excluding diaryl/α,β-unsaturated/α-hetero) is 2. The smallest absolute Gasteiger partial charge is 0.163 e. The van der Waals surface area contributed by atoms with Crippen LogP contribution in [-0.4, -0.2) is 41.7 Å². The maximum Gasteiger partial charge on any atom is 0.163 e. The first-order chi connectivity index (χ1) is 12.6. The first-order valence-corrected chi connectivity index (χ1v) is 9.37. The van der Waals surface area contributed by atoms with E-state index in [9.17, 15) is 9.59 Å². The molecule has 2 aliphatic carbocycles. The number of hydrogen-bond acceptors (Lipinski definition) is 3. The molecular formula is C22H22N2O2. The van der Waals surface area contributed by atoms with Crippen LogP contribution < -0.4 is 0 Å². The molecule has 0 bridgehead atoms. The van der Waals surface area contributed by atoms with Gasteiger partial charge in [-0.2, -0.15) is 0 Å². The summed E-state index contributed by atoms with van der Waals surface area (Å²) in [6.07, 6.45) is 2.84. The molecule has 1 aromatic heterocycles. The van der Waals surface area contributed by atoms with E-state index in [1.165, 1.54) is 32.9 Å². The van der Waals surface area contributed by atoms with Crippen LogP contribution in [0.3, 0.4) is 0 Å². The van der Waals surface area contributed by atoms with Crippen molar-refractivity contribution in [2.24, 2.45) is 0 Å². The fourth-order valence-corrected chi connectivity index (χ4v) is 4.74. The van der Waals surface area contributed by atoms with Crippen molar-refractivity contribution < 1.29 is 9.59 Å². The van der Waals surface area contributed by atoms with Crippen LogP contribution >= 0.6 is 0 Å². The first kappa shape index (κ1) is 15.8. The second-order valence-electron chi connectivity index (χ2n) is 7.77. The van der Waals surface area contributed by atoms with Crippen LogP contribution in [0.15, 0.2) is 24.3 Å². The van der Waals surface area contributed by atoms with E-state index >= 15 is 0 Å². The molecule has 4 heteroatoms. The van der Waals surface area contributed by atoms with Gasteiger partial charge in [0.1, 0.15) is 0 Å². The molecule has 0 amide bonds. The van der Waals surface area contributed by atoms with E-state index < -0.39 is 0 Å². The lowest BCUT2D eigenvalue weighted by atomic mass is 9.98. The van der Waals surface area contributed by atoms with Gasteiger partial charge in [0, 0.05) is 58.9 Å². The molecular weight excluding hydrogens is 324 g/mol. The molecule has 0 spiro atoms. The molecule has 2 aromatic carbocycles. The van der Waals surface area contributed by atoms with Crippen molar-refractivity contribution in [2.45, 2.75) is 32.2 Å². The topological polar surface area (TPSA) is 42.3 Å². The molecule has 0 atom stereocenters. The molecule has 0 aliphatic heterocycles. The Hall–Kier alpha value is -2.46. The van der Waals surface area contributed by atoms with Gasteiger partial charge in [0.15, 0.2) is 11.6 Å². The van der Waals surface area contributed by atoms with Gasteiger partial charge in [-0.05, 0) is 62.3 Å². The molecule has 26 heavy (non-hydrogen) atoms. The highest BCUT2D eigenvalue weighted by molar-refractivity contribution is 6.18. The molecule has 5 rings (SSSR count). The Morgan fingerprint density at radius 3 is 1.77 bits per heavy atom. The van der Waals surface area contributed by atoms with Crippen LogP contribution in [0.1, 0.15) is 44.7 Å². The fraction of sp³-hybridized carbons (Fsp3) is 0.364. The van der Waals surface area contributed by atoms with Crippen molar-refractivity contribution in [1.82, 2.24) is 9.47 Å². The van der Waals surface area contributed by atoms with E-state index in [0.717, 1.165) is 37.1 Å². The molecule has 0 unspecified atom stereocenters.